The van der Waals surface area contributed by atoms with Crippen LogP contribution in [0.2, 0.25) is 0 Å². The number of hydrogen-bond donors (Lipinski definition) is 1. The second-order valence-corrected chi connectivity index (χ2v) is 11.8. The Morgan fingerprint density at radius 1 is 1.31 bits per heavy atom. The summed E-state index contributed by atoms with van der Waals surface area (Å²) in [6.07, 6.45) is 4.52. The maximum Gasteiger partial charge on any atom is 0.261 e. The molecule has 3 heterocycles. The zero-order valence-electron chi connectivity index (χ0n) is 21.7. The number of rotatable bonds is 7. The predicted octanol–water partition coefficient (Wildman–Crippen LogP) is 1.75. The average molecular weight is 518 g/mol. The average Bonchev–Trinajstić information content (AvgIpc) is 3.27. The number of aliphatic hydroxyl groups excluding tert-OH is 1. The minimum atomic E-state index is -3.85. The third kappa shape index (κ3) is 6.24. The fourth-order valence-electron chi connectivity index (χ4n) is 3.78. The molecule has 3 atom stereocenters. The van der Waals surface area contributed by atoms with Crippen molar-refractivity contribution >= 4 is 15.9 Å². The number of pyridine rings is 1. The van der Waals surface area contributed by atoms with E-state index in [0.29, 0.717) is 17.9 Å². The zero-order valence-corrected chi connectivity index (χ0v) is 22.5. The number of carbonyl (C=O) groups is 1. The Hall–Kier alpha value is -2.94. The molecule has 0 saturated carbocycles. The highest BCUT2D eigenvalue weighted by molar-refractivity contribution is 7.89. The minimum absolute atomic E-state index is 0.0205. The van der Waals surface area contributed by atoms with E-state index in [9.17, 15) is 18.3 Å². The van der Waals surface area contributed by atoms with Gasteiger partial charge in [0.25, 0.3) is 15.9 Å². The number of aromatic nitrogens is 3. The summed E-state index contributed by atoms with van der Waals surface area (Å²) in [7, 11) is -0.676. The van der Waals surface area contributed by atoms with Crippen molar-refractivity contribution in [2.45, 2.75) is 51.3 Å². The normalized spacial score (nSPS) is 19.2. The SMILES string of the molecule is CC(C)CC#Cc1cnc2c(c1)C(=O)N([C@H](C)CO)C[C@H](C)[C@H](CN(C)S(=O)(=O)c1cn(C)cn1)O2. The van der Waals surface area contributed by atoms with Gasteiger partial charge in [-0.2, -0.15) is 4.31 Å². The van der Waals surface area contributed by atoms with Gasteiger partial charge < -0.3 is 19.3 Å². The highest BCUT2D eigenvalue weighted by Gasteiger charge is 2.36. The number of amides is 1. The summed E-state index contributed by atoms with van der Waals surface area (Å²) in [5.41, 5.74) is 0.821. The number of likely N-dealkylation sites (N-methyl/N-ethyl adjacent to an activating group) is 1. The first-order chi connectivity index (χ1) is 16.9. The van der Waals surface area contributed by atoms with E-state index >= 15 is 0 Å². The maximum atomic E-state index is 13.5. The van der Waals surface area contributed by atoms with Crippen LogP contribution in [0.4, 0.5) is 0 Å². The molecule has 196 valence electrons. The number of sulfonamides is 1. The van der Waals surface area contributed by atoms with E-state index in [2.05, 4.69) is 35.7 Å². The topological polar surface area (TPSA) is 118 Å². The van der Waals surface area contributed by atoms with Crippen LogP contribution in [-0.2, 0) is 17.1 Å². The molecule has 1 N–H and O–H groups in total. The monoisotopic (exact) mass is 517 g/mol. The number of nitrogens with zero attached hydrogens (tertiary/aromatic N) is 5. The van der Waals surface area contributed by atoms with E-state index in [4.69, 9.17) is 4.74 Å². The molecule has 0 spiro atoms. The van der Waals surface area contributed by atoms with Crippen LogP contribution < -0.4 is 4.74 Å². The molecule has 0 bridgehead atoms. The van der Waals surface area contributed by atoms with Crippen molar-refractivity contribution in [1.82, 2.24) is 23.7 Å². The number of imidazole rings is 1. The summed E-state index contributed by atoms with van der Waals surface area (Å²) in [4.78, 5) is 23.4. The van der Waals surface area contributed by atoms with Gasteiger partial charge >= 0.3 is 0 Å². The standard InChI is InChI=1S/C25H35N5O5S/c1-17(2)8-7-9-20-10-21-24(26-11-20)35-22(18(3)12-30(25(21)32)19(4)15-31)13-29(6)36(33,34)23-14-28(5)16-27-23/h10-11,14,16-19,22,31H,8,12-13,15H2,1-6H3/t18-,19+,22-/m0/s1. The molecule has 0 radical (unpaired) electrons. The van der Waals surface area contributed by atoms with Crippen LogP contribution >= 0.6 is 0 Å². The van der Waals surface area contributed by atoms with Crippen molar-refractivity contribution in [2.24, 2.45) is 18.9 Å². The molecule has 1 aliphatic rings. The van der Waals surface area contributed by atoms with Gasteiger partial charge in [-0.25, -0.2) is 18.4 Å². The third-order valence-corrected chi connectivity index (χ3v) is 7.77. The number of aryl methyl sites for hydroxylation is 1. The summed E-state index contributed by atoms with van der Waals surface area (Å²) >= 11 is 0. The molecule has 0 aromatic carbocycles. The van der Waals surface area contributed by atoms with Crippen molar-refractivity contribution in [3.05, 3.63) is 35.9 Å². The summed E-state index contributed by atoms with van der Waals surface area (Å²) in [5.74, 6) is 6.10. The van der Waals surface area contributed by atoms with E-state index in [-0.39, 0.29) is 48.0 Å². The molecule has 0 unspecified atom stereocenters. The number of ether oxygens (including phenoxy) is 1. The number of carbonyl (C=O) groups excluding carboxylic acids is 1. The highest BCUT2D eigenvalue weighted by Crippen LogP contribution is 2.28. The van der Waals surface area contributed by atoms with Crippen LogP contribution in [0.1, 0.15) is 50.0 Å². The summed E-state index contributed by atoms with van der Waals surface area (Å²) in [6, 6.07) is 1.20. The Kier molecular flexibility index (Phi) is 8.76. The first-order valence-electron chi connectivity index (χ1n) is 12.0. The van der Waals surface area contributed by atoms with Crippen LogP contribution in [-0.4, -0.2) is 82.1 Å². The Labute approximate surface area is 213 Å². The predicted molar refractivity (Wildman–Crippen MR) is 135 cm³/mol. The molecule has 2 aromatic heterocycles. The smallest absolute Gasteiger partial charge is 0.261 e. The summed E-state index contributed by atoms with van der Waals surface area (Å²) in [6.45, 7) is 7.87. The van der Waals surface area contributed by atoms with Crippen LogP contribution in [0.15, 0.2) is 29.8 Å². The Balaban J connectivity index is 1.97. The lowest BCUT2D eigenvalue weighted by Gasteiger charge is -2.37. The Morgan fingerprint density at radius 3 is 2.64 bits per heavy atom. The Bertz CT molecular complexity index is 1250. The number of aliphatic hydroxyl groups is 1. The first kappa shape index (κ1) is 27.6. The molecule has 36 heavy (non-hydrogen) atoms. The molecule has 10 nitrogen and oxygen atoms in total. The first-order valence-corrected chi connectivity index (χ1v) is 13.4. The number of hydrogen-bond acceptors (Lipinski definition) is 7. The van der Waals surface area contributed by atoms with Gasteiger partial charge in [0.05, 0.1) is 25.5 Å². The van der Waals surface area contributed by atoms with Crippen molar-refractivity contribution in [3.8, 4) is 17.7 Å². The van der Waals surface area contributed by atoms with E-state index in [1.54, 1.807) is 35.7 Å². The van der Waals surface area contributed by atoms with E-state index < -0.39 is 22.2 Å². The van der Waals surface area contributed by atoms with Gasteiger partial charge in [0.15, 0.2) is 5.03 Å². The van der Waals surface area contributed by atoms with Gasteiger partial charge in [-0.15, -0.1) is 0 Å². The largest absolute Gasteiger partial charge is 0.472 e. The molecule has 2 aromatic rings. The van der Waals surface area contributed by atoms with Gasteiger partial charge in [0, 0.05) is 50.9 Å². The maximum absolute atomic E-state index is 13.5. The van der Waals surface area contributed by atoms with Gasteiger partial charge in [0.2, 0.25) is 5.88 Å². The van der Waals surface area contributed by atoms with E-state index in [1.807, 2.05) is 6.92 Å². The molecule has 0 fully saturated rings. The van der Waals surface area contributed by atoms with Gasteiger partial charge in [-0.05, 0) is 18.9 Å². The lowest BCUT2D eigenvalue weighted by Crippen LogP contribution is -2.50. The van der Waals surface area contributed by atoms with E-state index in [1.165, 1.54) is 23.9 Å². The molecule has 0 aliphatic carbocycles. The van der Waals surface area contributed by atoms with Crippen LogP contribution in [0.5, 0.6) is 5.88 Å². The van der Waals surface area contributed by atoms with Crippen LogP contribution in [0.3, 0.4) is 0 Å². The van der Waals surface area contributed by atoms with E-state index in [0.717, 1.165) is 0 Å². The van der Waals surface area contributed by atoms with Gasteiger partial charge in [-0.1, -0.05) is 32.6 Å². The van der Waals surface area contributed by atoms with Crippen molar-refractivity contribution in [2.75, 3.05) is 26.7 Å². The third-order valence-electron chi connectivity index (χ3n) is 6.06. The highest BCUT2D eigenvalue weighted by atomic mass is 32.2. The van der Waals surface area contributed by atoms with Crippen LogP contribution in [0, 0.1) is 23.7 Å². The van der Waals surface area contributed by atoms with Gasteiger partial charge in [-0.3, -0.25) is 4.79 Å². The molecular formula is C25H35N5O5S. The lowest BCUT2D eigenvalue weighted by atomic mass is 10.00. The Morgan fingerprint density at radius 2 is 2.03 bits per heavy atom. The second kappa shape index (κ2) is 11.4. The summed E-state index contributed by atoms with van der Waals surface area (Å²) < 4.78 is 35.1. The second-order valence-electron chi connectivity index (χ2n) is 9.76. The fourth-order valence-corrected chi connectivity index (χ4v) is 4.92. The fraction of sp³-hybridized carbons (Fsp3) is 0.560. The van der Waals surface area contributed by atoms with Crippen molar-refractivity contribution in [1.29, 1.82) is 0 Å². The molecule has 1 amide bonds. The zero-order chi connectivity index (χ0) is 26.6. The van der Waals surface area contributed by atoms with Crippen molar-refractivity contribution < 1.29 is 23.1 Å². The summed E-state index contributed by atoms with van der Waals surface area (Å²) in [5, 5.41) is 9.75. The molecule has 1 aliphatic heterocycles. The number of fused-ring (bicyclic) bond motifs is 1. The van der Waals surface area contributed by atoms with Gasteiger partial charge in [0.1, 0.15) is 11.7 Å². The van der Waals surface area contributed by atoms with Crippen molar-refractivity contribution in [3.63, 3.8) is 0 Å². The lowest BCUT2D eigenvalue weighted by molar-refractivity contribution is 0.0373. The quantitative estimate of drug-likeness (QED) is 0.556. The molecule has 0 saturated heterocycles. The molecule has 3 rings (SSSR count). The molecule has 11 heteroatoms. The molecular weight excluding hydrogens is 482 g/mol. The van der Waals surface area contributed by atoms with Crippen LogP contribution in [0.25, 0.3) is 0 Å². The minimum Gasteiger partial charge on any atom is -0.472 e.